The van der Waals surface area contributed by atoms with Crippen LogP contribution in [0.2, 0.25) is 0 Å². The van der Waals surface area contributed by atoms with E-state index >= 15 is 0 Å². The van der Waals surface area contributed by atoms with Crippen molar-refractivity contribution in [3.63, 3.8) is 0 Å². The molecule has 1 heterocycles. The second-order valence-electron chi connectivity index (χ2n) is 5.79. The van der Waals surface area contributed by atoms with E-state index in [2.05, 4.69) is 18.4 Å². The molecule has 122 valence electrons. The first-order valence-corrected chi connectivity index (χ1v) is 7.29. The van der Waals surface area contributed by atoms with Crippen LogP contribution in [-0.4, -0.2) is 15.6 Å². The Morgan fingerprint density at radius 3 is 2.62 bits per heavy atom. The average Bonchev–Trinajstić information content (AvgIpc) is 3.33. The summed E-state index contributed by atoms with van der Waals surface area (Å²) in [5.74, 6) is 1.30. The van der Waals surface area contributed by atoms with Crippen LogP contribution in [-0.2, 0) is 0 Å². The molecule has 2 aromatic rings. The zero-order valence-electron chi connectivity index (χ0n) is 12.8. The number of carbonyl (C=O) groups is 1. The average molecular weight is 329 g/mol. The molecule has 1 aliphatic carbocycles. The summed E-state index contributed by atoms with van der Waals surface area (Å²) in [6.45, 7) is 5.21. The molecular formula is C18H13F2NO3. The van der Waals surface area contributed by atoms with Crippen molar-refractivity contribution in [2.24, 2.45) is 0 Å². The summed E-state index contributed by atoms with van der Waals surface area (Å²) in [6.07, 6.45) is 2.72. The third-order valence-electron chi connectivity index (χ3n) is 3.78. The van der Waals surface area contributed by atoms with Gasteiger partial charge in [-0.25, -0.2) is 13.6 Å². The number of hydrogen-bond donors (Lipinski definition) is 1. The third kappa shape index (κ3) is 2.58. The number of hydrogen-bond acceptors (Lipinski definition) is 2. The minimum atomic E-state index is -1.41. The lowest BCUT2D eigenvalue weighted by atomic mass is 10.0. The first-order chi connectivity index (χ1) is 11.3. The van der Waals surface area contributed by atoms with Gasteiger partial charge < -0.3 is 9.67 Å². The van der Waals surface area contributed by atoms with Gasteiger partial charge in [-0.2, -0.15) is 0 Å². The van der Waals surface area contributed by atoms with E-state index in [-0.39, 0.29) is 22.5 Å². The van der Waals surface area contributed by atoms with Gasteiger partial charge in [0.15, 0.2) is 11.6 Å². The van der Waals surface area contributed by atoms with Gasteiger partial charge in [0.05, 0.1) is 16.5 Å². The van der Waals surface area contributed by atoms with E-state index in [1.54, 1.807) is 6.92 Å². The number of rotatable bonds is 2. The topological polar surface area (TPSA) is 59.3 Å². The molecule has 0 amide bonds. The summed E-state index contributed by atoms with van der Waals surface area (Å²) in [4.78, 5) is 23.7. The first-order valence-electron chi connectivity index (χ1n) is 7.29. The molecule has 0 atom stereocenters. The Balaban J connectivity index is 2.51. The predicted molar refractivity (Wildman–Crippen MR) is 85.0 cm³/mol. The molecule has 6 heteroatoms. The molecule has 4 nitrogen and oxygen atoms in total. The number of nitrogens with zero attached hydrogens (tertiary/aromatic N) is 1. The number of aromatic carboxylic acids is 1. The van der Waals surface area contributed by atoms with E-state index in [9.17, 15) is 23.5 Å². The molecule has 3 rings (SSSR count). The Hall–Kier alpha value is -2.94. The number of halogens is 2. The number of carboxylic acid groups (broad SMARTS) is 1. The third-order valence-corrected chi connectivity index (χ3v) is 3.78. The molecule has 1 aliphatic rings. The van der Waals surface area contributed by atoms with Crippen LogP contribution in [0.15, 0.2) is 29.2 Å². The number of allylic oxidation sites excluding steroid dienone is 1. The van der Waals surface area contributed by atoms with Crippen molar-refractivity contribution >= 4 is 16.9 Å². The molecule has 0 unspecified atom stereocenters. The molecule has 0 saturated heterocycles. The Bertz CT molecular complexity index is 1020. The van der Waals surface area contributed by atoms with Crippen molar-refractivity contribution in [3.8, 4) is 11.8 Å². The summed E-state index contributed by atoms with van der Waals surface area (Å²) >= 11 is 0. The Labute approximate surface area is 136 Å². The van der Waals surface area contributed by atoms with Crippen molar-refractivity contribution < 1.29 is 18.7 Å². The van der Waals surface area contributed by atoms with Crippen LogP contribution in [0.5, 0.6) is 0 Å². The summed E-state index contributed by atoms with van der Waals surface area (Å²) in [5, 5.41) is 9.01. The molecule has 0 bridgehead atoms. The molecule has 0 aliphatic heterocycles. The lowest BCUT2D eigenvalue weighted by Crippen LogP contribution is -2.20. The highest BCUT2D eigenvalue weighted by Gasteiger charge is 2.29. The van der Waals surface area contributed by atoms with Crippen molar-refractivity contribution in [1.29, 1.82) is 0 Å². The van der Waals surface area contributed by atoms with Gasteiger partial charge in [0, 0.05) is 12.2 Å². The van der Waals surface area contributed by atoms with Crippen LogP contribution in [0.1, 0.15) is 41.7 Å². The Morgan fingerprint density at radius 2 is 2.08 bits per heavy atom. The van der Waals surface area contributed by atoms with Gasteiger partial charge in [-0.1, -0.05) is 18.4 Å². The molecule has 1 aromatic heterocycles. The van der Waals surface area contributed by atoms with Crippen LogP contribution in [0.25, 0.3) is 10.9 Å². The fraction of sp³-hybridized carbons (Fsp3) is 0.222. The molecule has 0 radical (unpaired) electrons. The van der Waals surface area contributed by atoms with Crippen molar-refractivity contribution in [2.45, 2.75) is 25.8 Å². The Kier molecular flexibility index (Phi) is 3.72. The minimum Gasteiger partial charge on any atom is -0.477 e. The maximum atomic E-state index is 14.3. The van der Waals surface area contributed by atoms with Gasteiger partial charge in [-0.15, -0.1) is 0 Å². The molecule has 1 N–H and O–H groups in total. The van der Waals surface area contributed by atoms with E-state index in [0.717, 1.165) is 18.9 Å². The van der Waals surface area contributed by atoms with Crippen molar-refractivity contribution in [1.82, 2.24) is 4.57 Å². The highest BCUT2D eigenvalue weighted by molar-refractivity contribution is 5.94. The van der Waals surface area contributed by atoms with E-state index in [0.29, 0.717) is 5.57 Å². The first kappa shape index (κ1) is 15.9. The minimum absolute atomic E-state index is 0.0542. The number of aromatic nitrogens is 1. The Morgan fingerprint density at radius 1 is 1.42 bits per heavy atom. The molecule has 1 fully saturated rings. The maximum Gasteiger partial charge on any atom is 0.341 e. The summed E-state index contributed by atoms with van der Waals surface area (Å²) in [5.41, 5.74) is -1.01. The van der Waals surface area contributed by atoms with Crippen LogP contribution in [0.3, 0.4) is 0 Å². The van der Waals surface area contributed by atoms with Gasteiger partial charge >= 0.3 is 5.97 Å². The van der Waals surface area contributed by atoms with Gasteiger partial charge in [0.25, 0.3) is 0 Å². The van der Waals surface area contributed by atoms with Crippen LogP contribution < -0.4 is 5.43 Å². The largest absolute Gasteiger partial charge is 0.477 e. The van der Waals surface area contributed by atoms with Gasteiger partial charge in [0.2, 0.25) is 5.43 Å². The zero-order chi connectivity index (χ0) is 17.6. The van der Waals surface area contributed by atoms with E-state index in [1.807, 2.05) is 0 Å². The standard InChI is InChI=1S/C18H13F2NO3/c1-9(2)3-6-11-15(20)14(19)7-12-16(11)21(10-4-5-10)8-13(17(12)22)18(23)24/h7-8,10H,1,4-5H2,2H3,(H,23,24). The molecule has 0 spiro atoms. The van der Waals surface area contributed by atoms with Crippen LogP contribution >= 0.6 is 0 Å². The van der Waals surface area contributed by atoms with Gasteiger partial charge in [-0.05, 0) is 31.4 Å². The van der Waals surface area contributed by atoms with Gasteiger partial charge in [0.1, 0.15) is 5.56 Å². The van der Waals surface area contributed by atoms with Crippen LogP contribution in [0.4, 0.5) is 8.78 Å². The van der Waals surface area contributed by atoms with E-state index in [1.165, 1.54) is 10.8 Å². The lowest BCUT2D eigenvalue weighted by molar-refractivity contribution is 0.0695. The SMILES string of the molecule is C=C(C)C#Cc1c(F)c(F)cc2c(=O)c(C(=O)O)cn(C3CC3)c12. The molecule has 1 saturated carbocycles. The normalized spacial score (nSPS) is 13.5. The van der Waals surface area contributed by atoms with Gasteiger partial charge in [-0.3, -0.25) is 4.79 Å². The molecule has 24 heavy (non-hydrogen) atoms. The molecular weight excluding hydrogens is 316 g/mol. The zero-order valence-corrected chi connectivity index (χ0v) is 12.8. The van der Waals surface area contributed by atoms with Crippen molar-refractivity contribution in [3.05, 3.63) is 57.4 Å². The summed E-state index contributed by atoms with van der Waals surface area (Å²) < 4.78 is 29.8. The predicted octanol–water partition coefficient (Wildman–Crippen LogP) is 3.24. The number of benzene rings is 1. The van der Waals surface area contributed by atoms with Crippen molar-refractivity contribution in [2.75, 3.05) is 0 Å². The molecule has 1 aromatic carbocycles. The quantitative estimate of drug-likeness (QED) is 0.861. The highest BCUT2D eigenvalue weighted by Crippen LogP contribution is 2.38. The smallest absolute Gasteiger partial charge is 0.341 e. The lowest BCUT2D eigenvalue weighted by Gasteiger charge is -2.14. The highest BCUT2D eigenvalue weighted by atomic mass is 19.2. The monoisotopic (exact) mass is 329 g/mol. The number of pyridine rings is 1. The number of fused-ring (bicyclic) bond motifs is 1. The fourth-order valence-electron chi connectivity index (χ4n) is 2.54. The summed E-state index contributed by atoms with van der Waals surface area (Å²) in [7, 11) is 0. The second-order valence-corrected chi connectivity index (χ2v) is 5.79. The van der Waals surface area contributed by atoms with E-state index < -0.39 is 28.6 Å². The van der Waals surface area contributed by atoms with E-state index in [4.69, 9.17) is 0 Å². The fourth-order valence-corrected chi connectivity index (χ4v) is 2.54. The van der Waals surface area contributed by atoms with Crippen LogP contribution in [0, 0.1) is 23.5 Å². The maximum absolute atomic E-state index is 14.3. The second kappa shape index (κ2) is 5.60. The summed E-state index contributed by atoms with van der Waals surface area (Å²) in [6, 6.07) is 0.686. The number of carboxylic acids is 1.